The minimum Gasteiger partial charge on any atom is -0.739 e. The quantitative estimate of drug-likeness (QED) is 0.266. The molecule has 11 heavy (non-hydrogen) atoms. The fourth-order valence-corrected chi connectivity index (χ4v) is 2.76. The molecule has 11 heteroatoms. The van der Waals surface area contributed by atoms with E-state index in [1.165, 1.54) is 0 Å². The van der Waals surface area contributed by atoms with Crippen molar-refractivity contribution in [1.29, 1.82) is 0 Å². The molecule has 0 heterocycles. The van der Waals surface area contributed by atoms with Gasteiger partial charge in [0.1, 0.15) is 0 Å². The van der Waals surface area contributed by atoms with Crippen LogP contribution in [0.15, 0.2) is 0 Å². The van der Waals surface area contributed by atoms with Crippen LogP contribution in [0, 0.1) is 0 Å². The molecule has 0 atom stereocenters. The Kier molecular flexibility index (Phi) is 11.3. The van der Waals surface area contributed by atoms with Crippen LogP contribution in [0.25, 0.3) is 0 Å². The third-order valence-electron chi connectivity index (χ3n) is 0.167. The maximum Gasteiger partial charge on any atom is 1.00 e. The van der Waals surface area contributed by atoms with Crippen molar-refractivity contribution in [3.05, 3.63) is 0 Å². The van der Waals surface area contributed by atoms with Crippen LogP contribution >= 0.6 is 9.83 Å². The van der Waals surface area contributed by atoms with Crippen molar-refractivity contribution in [1.82, 2.24) is 0 Å². The van der Waals surface area contributed by atoms with Crippen LogP contribution in [0.5, 0.6) is 0 Å². The van der Waals surface area contributed by atoms with E-state index in [1.807, 2.05) is 0 Å². The fraction of sp³-hybridized carbons (Fsp3) is 0. The Balaban J connectivity index is -0.000000320. The predicted molar refractivity (Wildman–Crippen MR) is 27.0 cm³/mol. The molecule has 0 aromatic rings. The molecule has 0 rings (SSSR count). The fourth-order valence-electron chi connectivity index (χ4n) is 0.102. The minimum atomic E-state index is -5.02. The number of hydrogen-bond donors (Lipinski definition) is 0. The first-order chi connectivity index (χ1) is 3.71. The second-order valence-electron chi connectivity index (χ2n) is 0.885. The van der Waals surface area contributed by atoms with Crippen LogP contribution < -0.4 is 59.1 Å². The average molecular weight is 238 g/mol. The molecule has 0 fully saturated rings. The summed E-state index contributed by atoms with van der Waals surface area (Å²) in [6.45, 7) is 0. The zero-order valence-electron chi connectivity index (χ0n) is 5.67. The first kappa shape index (κ1) is 18.9. The third kappa shape index (κ3) is 18.9. The largest absolute Gasteiger partial charge is 1.00 e. The molecule has 0 aromatic carbocycles. The summed E-state index contributed by atoms with van der Waals surface area (Å²) in [7, 11) is -11.2. The molecule has 0 saturated carbocycles. The molecule has 0 spiro atoms. The molecule has 0 aromatic heterocycles. The second-order valence-corrected chi connectivity index (χ2v) is 6.74. The van der Waals surface area contributed by atoms with Gasteiger partial charge >= 0.3 is 59.1 Å². The van der Waals surface area contributed by atoms with Gasteiger partial charge in [0.05, 0.1) is 9.83 Å². The summed E-state index contributed by atoms with van der Waals surface area (Å²) in [6, 6.07) is 0. The summed E-state index contributed by atoms with van der Waals surface area (Å²) in [5, 5.41) is 0. The third-order valence-corrected chi connectivity index (χ3v) is 4.50. The van der Waals surface area contributed by atoms with E-state index < -0.39 is 28.1 Å². The Hall–Kier alpha value is 2.17. The van der Waals surface area contributed by atoms with Crippen molar-refractivity contribution >= 4 is 28.1 Å². The van der Waals surface area contributed by atoms with E-state index in [4.69, 9.17) is 0 Å². The number of rotatable bonds is 2. The Labute approximate surface area is 111 Å². The Morgan fingerprint density at radius 2 is 1.00 bits per heavy atom. The zero-order valence-corrected chi connectivity index (χ0v) is 12.1. The van der Waals surface area contributed by atoms with Gasteiger partial charge < -0.3 is 9.11 Å². The average Bonchev–Trinajstić information content (AvgIpc) is 1.14. The summed E-state index contributed by atoms with van der Waals surface area (Å²) in [4.78, 5) is 0. The molecule has 56 valence electrons. The van der Waals surface area contributed by atoms with Gasteiger partial charge in [-0.15, -0.1) is 0 Å². The van der Waals surface area contributed by atoms with E-state index in [0.717, 1.165) is 0 Å². The topological polar surface area (TPSA) is 114 Å². The van der Waals surface area contributed by atoms with Gasteiger partial charge in [0, 0.05) is 0 Å². The van der Waals surface area contributed by atoms with Crippen LogP contribution in [-0.4, -0.2) is 25.9 Å². The SMILES string of the molecule is O=S(=O)([O-])SS(=O)(=O)[O-].[Na+].[Na+]. The molecule has 0 bridgehead atoms. The van der Waals surface area contributed by atoms with Gasteiger partial charge in [-0.3, -0.25) is 0 Å². The van der Waals surface area contributed by atoms with Gasteiger partial charge in [-0.25, -0.2) is 16.8 Å². The molecule has 0 unspecified atom stereocenters. The zero-order chi connectivity index (χ0) is 7.71. The van der Waals surface area contributed by atoms with Crippen LogP contribution in [0.1, 0.15) is 0 Å². The number of hydrogen-bond acceptors (Lipinski definition) is 7. The van der Waals surface area contributed by atoms with Gasteiger partial charge in [-0.1, -0.05) is 0 Å². The van der Waals surface area contributed by atoms with Gasteiger partial charge in [-0.2, -0.15) is 0 Å². The van der Waals surface area contributed by atoms with Crippen molar-refractivity contribution < 1.29 is 85.1 Å². The van der Waals surface area contributed by atoms with Gasteiger partial charge in [0.2, 0.25) is 0 Å². The van der Waals surface area contributed by atoms with Gasteiger partial charge in [-0.05, 0) is 0 Å². The van der Waals surface area contributed by atoms with Gasteiger partial charge in [0.15, 0.2) is 18.3 Å². The first-order valence-electron chi connectivity index (χ1n) is 1.33. The van der Waals surface area contributed by atoms with E-state index in [2.05, 4.69) is 0 Å². The first-order valence-corrected chi connectivity index (χ1v) is 6.00. The molecular formula is Na2O6S3. The van der Waals surface area contributed by atoms with E-state index in [1.54, 1.807) is 0 Å². The van der Waals surface area contributed by atoms with Crippen molar-refractivity contribution in [3.63, 3.8) is 0 Å². The van der Waals surface area contributed by atoms with Crippen LogP contribution in [-0.2, 0) is 18.3 Å². The molecule has 0 amide bonds. The van der Waals surface area contributed by atoms with Crippen molar-refractivity contribution in [2.75, 3.05) is 0 Å². The Morgan fingerprint density at radius 1 is 0.818 bits per heavy atom. The molecule has 0 aliphatic rings. The summed E-state index contributed by atoms with van der Waals surface area (Å²) >= 11 is 0. The summed E-state index contributed by atoms with van der Waals surface area (Å²) < 4.78 is 56.9. The molecule has 0 aliphatic heterocycles. The molecule has 0 N–H and O–H groups in total. The minimum absolute atomic E-state index is 0. The Bertz CT molecular complexity index is 241. The van der Waals surface area contributed by atoms with Crippen molar-refractivity contribution in [2.45, 2.75) is 0 Å². The molecular weight excluding hydrogens is 238 g/mol. The van der Waals surface area contributed by atoms with Crippen molar-refractivity contribution in [3.8, 4) is 0 Å². The van der Waals surface area contributed by atoms with E-state index in [9.17, 15) is 25.9 Å². The smallest absolute Gasteiger partial charge is 0.739 e. The maximum absolute atomic E-state index is 9.48. The molecule has 0 radical (unpaired) electrons. The summed E-state index contributed by atoms with van der Waals surface area (Å²) in [6.07, 6.45) is 0. The van der Waals surface area contributed by atoms with E-state index in [0.29, 0.717) is 0 Å². The van der Waals surface area contributed by atoms with Crippen LogP contribution in [0.4, 0.5) is 0 Å². The van der Waals surface area contributed by atoms with Crippen LogP contribution in [0.3, 0.4) is 0 Å². The van der Waals surface area contributed by atoms with Crippen molar-refractivity contribution in [2.24, 2.45) is 0 Å². The Morgan fingerprint density at radius 3 is 1.00 bits per heavy atom. The summed E-state index contributed by atoms with van der Waals surface area (Å²) in [5.74, 6) is 0. The van der Waals surface area contributed by atoms with Crippen LogP contribution in [0.2, 0.25) is 0 Å². The van der Waals surface area contributed by atoms with Gasteiger partial charge in [0.25, 0.3) is 0 Å². The monoisotopic (exact) mass is 238 g/mol. The summed E-state index contributed by atoms with van der Waals surface area (Å²) in [5.41, 5.74) is 0. The predicted octanol–water partition coefficient (Wildman–Crippen LogP) is -7.35. The molecule has 0 saturated heterocycles. The molecule has 6 nitrogen and oxygen atoms in total. The van der Waals surface area contributed by atoms with E-state index in [-0.39, 0.29) is 59.1 Å². The second kappa shape index (κ2) is 6.60. The van der Waals surface area contributed by atoms with E-state index >= 15 is 0 Å². The molecule has 0 aliphatic carbocycles. The standard InChI is InChI=1S/2Na.H2O6S3/c;;1-8(2,3)7-9(4,5)6/h;;(H,1,2,3)(H,4,5,6)/q2*+1;/p-2. The maximum atomic E-state index is 9.48. The normalized spacial score (nSPS) is 11.1.